The molecule has 1 heterocycles. The molecule has 0 saturated carbocycles. The van der Waals surface area contributed by atoms with E-state index in [-0.39, 0.29) is 5.91 Å². The minimum absolute atomic E-state index is 0.0977. The second-order valence-electron chi connectivity index (χ2n) is 4.13. The molecule has 19 heavy (non-hydrogen) atoms. The first-order valence-corrected chi connectivity index (χ1v) is 6.77. The molecule has 1 aromatic carbocycles. The number of likely N-dealkylation sites (N-methyl/N-ethyl adjacent to an activating group) is 2. The number of nitrogens with zero attached hydrogens (tertiary/aromatic N) is 2. The molecule has 1 amide bonds. The van der Waals surface area contributed by atoms with Gasteiger partial charge in [0.05, 0.1) is 11.6 Å². The Hall–Kier alpha value is -1.40. The quantitative estimate of drug-likeness (QED) is 0.611. The number of ether oxygens (including phenoxy) is 1. The lowest BCUT2D eigenvalue weighted by molar-refractivity contribution is -0.121. The molecule has 1 saturated heterocycles. The molecule has 1 aliphatic heterocycles. The average Bonchev–Trinajstić information content (AvgIpc) is 2.57. The number of hydrogen-bond acceptors (Lipinski definition) is 3. The Morgan fingerprint density at radius 3 is 2.47 bits per heavy atom. The second-order valence-corrected chi connectivity index (χ2v) is 5.35. The van der Waals surface area contributed by atoms with E-state index in [9.17, 15) is 4.79 Å². The monoisotopic (exact) mass is 340 g/mol. The highest BCUT2D eigenvalue weighted by molar-refractivity contribution is 9.10. The average molecular weight is 341 g/mol. The molecule has 1 aliphatic rings. The zero-order valence-electron chi connectivity index (χ0n) is 10.8. The standard InChI is InChI=1S/C13H13BrN2O2S/c1-15-10(12(17)16(2)13(15)19)7-8-4-5-11(18-3)9(14)6-8/h4-7H,1-3H3/b10-7-. The molecule has 1 aromatic rings. The summed E-state index contributed by atoms with van der Waals surface area (Å²) in [6.45, 7) is 0. The molecule has 100 valence electrons. The molecule has 0 spiro atoms. The zero-order chi connectivity index (χ0) is 14.2. The van der Waals surface area contributed by atoms with E-state index >= 15 is 0 Å². The first-order chi connectivity index (χ1) is 8.95. The number of carbonyl (C=O) groups excluding carboxylic acids is 1. The summed E-state index contributed by atoms with van der Waals surface area (Å²) in [6.07, 6.45) is 1.81. The Morgan fingerprint density at radius 1 is 1.32 bits per heavy atom. The third-order valence-corrected chi connectivity index (χ3v) is 4.11. The van der Waals surface area contributed by atoms with Gasteiger partial charge in [-0.15, -0.1) is 0 Å². The summed E-state index contributed by atoms with van der Waals surface area (Å²) in [5.41, 5.74) is 1.46. The van der Waals surface area contributed by atoms with Gasteiger partial charge in [-0.05, 0) is 51.9 Å². The summed E-state index contributed by atoms with van der Waals surface area (Å²) in [7, 11) is 5.07. The lowest BCUT2D eigenvalue weighted by Gasteiger charge is -2.11. The van der Waals surface area contributed by atoms with Gasteiger partial charge in [0.15, 0.2) is 5.11 Å². The second kappa shape index (κ2) is 5.30. The van der Waals surface area contributed by atoms with Crippen molar-refractivity contribution >= 4 is 45.2 Å². The Morgan fingerprint density at radius 2 is 2.00 bits per heavy atom. The number of benzene rings is 1. The van der Waals surface area contributed by atoms with Crippen LogP contribution in [0.4, 0.5) is 0 Å². The molecule has 4 nitrogen and oxygen atoms in total. The van der Waals surface area contributed by atoms with Gasteiger partial charge in [0.1, 0.15) is 11.4 Å². The van der Waals surface area contributed by atoms with Gasteiger partial charge in [-0.2, -0.15) is 0 Å². The molecule has 0 aromatic heterocycles. The van der Waals surface area contributed by atoms with E-state index in [1.165, 1.54) is 4.90 Å². The molecule has 0 bridgehead atoms. The zero-order valence-corrected chi connectivity index (χ0v) is 13.2. The number of amides is 1. The van der Waals surface area contributed by atoms with E-state index in [1.807, 2.05) is 24.3 Å². The fourth-order valence-corrected chi connectivity index (χ4v) is 2.56. The lowest BCUT2D eigenvalue weighted by atomic mass is 10.2. The maximum absolute atomic E-state index is 12.0. The maximum Gasteiger partial charge on any atom is 0.276 e. The Bertz CT molecular complexity index is 586. The van der Waals surface area contributed by atoms with Gasteiger partial charge in [0.25, 0.3) is 5.91 Å². The van der Waals surface area contributed by atoms with E-state index in [0.717, 1.165) is 15.8 Å². The molecule has 6 heteroatoms. The Balaban J connectivity index is 2.39. The van der Waals surface area contributed by atoms with Crippen LogP contribution in [-0.4, -0.2) is 42.0 Å². The van der Waals surface area contributed by atoms with Crippen LogP contribution in [-0.2, 0) is 4.79 Å². The molecule has 2 rings (SSSR count). The van der Waals surface area contributed by atoms with Gasteiger partial charge in [0, 0.05) is 14.1 Å². The van der Waals surface area contributed by atoms with Crippen molar-refractivity contribution in [1.29, 1.82) is 0 Å². The number of hydrogen-bond donors (Lipinski definition) is 0. The van der Waals surface area contributed by atoms with Crippen molar-refractivity contribution in [3.63, 3.8) is 0 Å². The van der Waals surface area contributed by atoms with Crippen molar-refractivity contribution < 1.29 is 9.53 Å². The van der Waals surface area contributed by atoms with Crippen molar-refractivity contribution in [2.24, 2.45) is 0 Å². The molecule has 0 atom stereocenters. The van der Waals surface area contributed by atoms with Crippen molar-refractivity contribution in [1.82, 2.24) is 9.80 Å². The third-order valence-electron chi connectivity index (χ3n) is 2.94. The van der Waals surface area contributed by atoms with Gasteiger partial charge >= 0.3 is 0 Å². The SMILES string of the molecule is COc1ccc(/C=C2/C(=O)N(C)C(=S)N2C)cc1Br. The molecule has 0 unspecified atom stereocenters. The molecular formula is C13H13BrN2O2S. The van der Waals surface area contributed by atoms with Gasteiger partial charge in [-0.3, -0.25) is 9.69 Å². The van der Waals surface area contributed by atoms with E-state index in [2.05, 4.69) is 15.9 Å². The molecule has 0 aliphatic carbocycles. The Labute approximate surface area is 125 Å². The van der Waals surface area contributed by atoms with Crippen molar-refractivity contribution in [2.75, 3.05) is 21.2 Å². The molecule has 1 fully saturated rings. The van der Waals surface area contributed by atoms with Crippen LogP contribution in [0.5, 0.6) is 5.75 Å². The summed E-state index contributed by atoms with van der Waals surface area (Å²) >= 11 is 8.58. The van der Waals surface area contributed by atoms with E-state index in [0.29, 0.717) is 10.8 Å². The first-order valence-electron chi connectivity index (χ1n) is 5.56. The fraction of sp³-hybridized carbons (Fsp3) is 0.231. The molecule has 0 radical (unpaired) electrons. The number of rotatable bonds is 2. The summed E-state index contributed by atoms with van der Waals surface area (Å²) in [5, 5.41) is 0.504. The van der Waals surface area contributed by atoms with Crippen LogP contribution in [0.1, 0.15) is 5.56 Å². The van der Waals surface area contributed by atoms with Crippen LogP contribution >= 0.6 is 28.1 Å². The van der Waals surface area contributed by atoms with Crippen LogP contribution in [0.2, 0.25) is 0 Å². The predicted molar refractivity (Wildman–Crippen MR) is 81.8 cm³/mol. The smallest absolute Gasteiger partial charge is 0.276 e. The van der Waals surface area contributed by atoms with Gasteiger partial charge in [-0.1, -0.05) is 6.07 Å². The summed E-state index contributed by atoms with van der Waals surface area (Å²) in [5.74, 6) is 0.653. The van der Waals surface area contributed by atoms with Crippen molar-refractivity contribution in [3.8, 4) is 5.75 Å². The summed E-state index contributed by atoms with van der Waals surface area (Å²) in [6, 6.07) is 5.63. The summed E-state index contributed by atoms with van der Waals surface area (Å²) in [4.78, 5) is 15.2. The highest BCUT2D eigenvalue weighted by atomic mass is 79.9. The third kappa shape index (κ3) is 2.50. The van der Waals surface area contributed by atoms with Crippen LogP contribution in [0, 0.1) is 0 Å². The van der Waals surface area contributed by atoms with E-state index in [4.69, 9.17) is 17.0 Å². The molecule has 0 N–H and O–H groups in total. The van der Waals surface area contributed by atoms with E-state index in [1.54, 1.807) is 26.1 Å². The number of carbonyl (C=O) groups is 1. The lowest BCUT2D eigenvalue weighted by Crippen LogP contribution is -2.26. The largest absolute Gasteiger partial charge is 0.496 e. The first kappa shape index (κ1) is 14.0. The number of halogens is 1. The topological polar surface area (TPSA) is 32.8 Å². The minimum atomic E-state index is -0.0977. The van der Waals surface area contributed by atoms with Crippen LogP contribution < -0.4 is 4.74 Å². The van der Waals surface area contributed by atoms with Crippen LogP contribution in [0.3, 0.4) is 0 Å². The predicted octanol–water partition coefficient (Wildman–Crippen LogP) is 2.49. The van der Waals surface area contributed by atoms with Crippen molar-refractivity contribution in [2.45, 2.75) is 0 Å². The van der Waals surface area contributed by atoms with Crippen molar-refractivity contribution in [3.05, 3.63) is 33.9 Å². The van der Waals surface area contributed by atoms with Gasteiger partial charge in [0.2, 0.25) is 0 Å². The fourth-order valence-electron chi connectivity index (χ4n) is 1.82. The highest BCUT2D eigenvalue weighted by Gasteiger charge is 2.32. The Kier molecular flexibility index (Phi) is 3.91. The van der Waals surface area contributed by atoms with Crippen LogP contribution in [0.15, 0.2) is 28.4 Å². The normalized spacial score (nSPS) is 17.6. The minimum Gasteiger partial charge on any atom is -0.496 e. The maximum atomic E-state index is 12.0. The summed E-state index contributed by atoms with van der Waals surface area (Å²) < 4.78 is 6.01. The van der Waals surface area contributed by atoms with Gasteiger partial charge in [-0.25, -0.2) is 0 Å². The molecular weight excluding hydrogens is 328 g/mol. The number of methoxy groups -OCH3 is 1. The van der Waals surface area contributed by atoms with Crippen LogP contribution in [0.25, 0.3) is 6.08 Å². The van der Waals surface area contributed by atoms with Gasteiger partial charge < -0.3 is 9.64 Å². The highest BCUT2D eigenvalue weighted by Crippen LogP contribution is 2.28. The van der Waals surface area contributed by atoms with E-state index < -0.39 is 0 Å². The number of thiocarbonyl (C=S) groups is 1.